The minimum atomic E-state index is -0.590. The molecule has 0 unspecified atom stereocenters. The van der Waals surface area contributed by atoms with Crippen LogP contribution in [0, 0.1) is 22.7 Å². The summed E-state index contributed by atoms with van der Waals surface area (Å²) in [5, 5.41) is 1.57. The average Bonchev–Trinajstić information content (AvgIpc) is 3.25. The van der Waals surface area contributed by atoms with Crippen LogP contribution in [0.1, 0.15) is 59.8 Å². The first-order chi connectivity index (χ1) is 18.9. The van der Waals surface area contributed by atoms with E-state index in [1.165, 1.54) is 5.57 Å². The largest absolute Gasteiger partial charge is 0.478 e. The number of esters is 1. The number of ether oxygens (including phenoxy) is 4. The van der Waals surface area contributed by atoms with Gasteiger partial charge in [-0.15, -0.1) is 0 Å². The molecular weight excluding hydrogens is 549 g/mol. The standard InChI is InChI=1S/C32H37Cl2NO5/c1-18-8-11-25-31(4,13-12-26-32(25,5)17-38-30(2,3)40-26)21(18)10-9-20-24(16-37-29(20)36)39-28-23(34)15-22(33)19-7-6-14-35-27(19)28/h6-7,9,14-15,21,24-26H,1,8,10-13,16-17H2,2-5H3/b20-9+/t21-,24+,25+,26-,31+,32+/m1/s1. The molecule has 40 heavy (non-hydrogen) atoms. The van der Waals surface area contributed by atoms with Crippen molar-refractivity contribution >= 4 is 40.1 Å². The normalized spacial score (nSPS) is 36.3. The average molecular weight is 587 g/mol. The van der Waals surface area contributed by atoms with E-state index in [2.05, 4.69) is 25.4 Å². The second-order valence-corrected chi connectivity index (χ2v) is 13.6. The predicted molar refractivity (Wildman–Crippen MR) is 156 cm³/mol. The van der Waals surface area contributed by atoms with Crippen molar-refractivity contribution in [2.75, 3.05) is 13.2 Å². The number of aromatic nitrogens is 1. The van der Waals surface area contributed by atoms with Crippen LogP contribution < -0.4 is 4.74 Å². The smallest absolute Gasteiger partial charge is 0.337 e. The second kappa shape index (κ2) is 10.0. The lowest BCUT2D eigenvalue weighted by Crippen LogP contribution is -2.62. The fourth-order valence-electron chi connectivity index (χ4n) is 7.91. The van der Waals surface area contributed by atoms with E-state index >= 15 is 0 Å². The van der Waals surface area contributed by atoms with Crippen molar-refractivity contribution < 1.29 is 23.7 Å². The summed E-state index contributed by atoms with van der Waals surface area (Å²) in [6, 6.07) is 5.32. The molecule has 214 valence electrons. The van der Waals surface area contributed by atoms with Crippen molar-refractivity contribution in [3.05, 3.63) is 58.2 Å². The molecular formula is C32H37Cl2NO5. The Bertz CT molecular complexity index is 1410. The van der Waals surface area contributed by atoms with Gasteiger partial charge in [0.2, 0.25) is 0 Å². The Balaban J connectivity index is 1.27. The van der Waals surface area contributed by atoms with Gasteiger partial charge >= 0.3 is 5.97 Å². The fourth-order valence-corrected chi connectivity index (χ4v) is 8.47. The first kappa shape index (κ1) is 28.0. The maximum Gasteiger partial charge on any atom is 0.337 e. The van der Waals surface area contributed by atoms with Crippen LogP contribution >= 0.6 is 23.2 Å². The zero-order valence-corrected chi connectivity index (χ0v) is 25.1. The van der Waals surface area contributed by atoms with Crippen LogP contribution in [0.15, 0.2) is 48.2 Å². The Kier molecular flexibility index (Phi) is 7.01. The second-order valence-electron chi connectivity index (χ2n) is 12.8. The van der Waals surface area contributed by atoms with Gasteiger partial charge in [-0.05, 0) is 81.4 Å². The van der Waals surface area contributed by atoms with Gasteiger partial charge in [0.1, 0.15) is 12.1 Å². The third-order valence-corrected chi connectivity index (χ3v) is 10.6. The van der Waals surface area contributed by atoms with E-state index in [9.17, 15) is 4.79 Å². The third-order valence-electron chi connectivity index (χ3n) is 10.0. The van der Waals surface area contributed by atoms with E-state index in [-0.39, 0.29) is 35.4 Å². The molecule has 1 aromatic heterocycles. The van der Waals surface area contributed by atoms with Gasteiger partial charge in [0, 0.05) is 17.0 Å². The number of benzene rings is 1. The zero-order valence-electron chi connectivity index (χ0n) is 23.6. The summed E-state index contributed by atoms with van der Waals surface area (Å²) < 4.78 is 24.5. The van der Waals surface area contributed by atoms with Crippen LogP contribution in [0.2, 0.25) is 10.0 Å². The highest BCUT2D eigenvalue weighted by atomic mass is 35.5. The maximum absolute atomic E-state index is 12.9. The molecule has 6 atom stereocenters. The van der Waals surface area contributed by atoms with Crippen LogP contribution in [-0.2, 0) is 19.0 Å². The molecule has 3 heterocycles. The van der Waals surface area contributed by atoms with Gasteiger partial charge in [0.15, 0.2) is 17.6 Å². The highest BCUT2D eigenvalue weighted by Crippen LogP contribution is 2.63. The summed E-state index contributed by atoms with van der Waals surface area (Å²) in [6.45, 7) is 14.1. The molecule has 2 aliphatic carbocycles. The van der Waals surface area contributed by atoms with Gasteiger partial charge in [-0.1, -0.05) is 55.3 Å². The summed E-state index contributed by atoms with van der Waals surface area (Å²) in [5.74, 6) is 0.142. The molecule has 2 aromatic rings. The number of fused-ring (bicyclic) bond motifs is 4. The molecule has 6 nitrogen and oxygen atoms in total. The number of allylic oxidation sites excluding steroid dienone is 2. The highest BCUT2D eigenvalue weighted by Gasteiger charge is 2.60. The van der Waals surface area contributed by atoms with Crippen molar-refractivity contribution in [3.63, 3.8) is 0 Å². The molecule has 0 bridgehead atoms. The third kappa shape index (κ3) is 4.56. The van der Waals surface area contributed by atoms with Gasteiger partial charge in [0.05, 0.1) is 28.3 Å². The van der Waals surface area contributed by atoms with Gasteiger partial charge < -0.3 is 18.9 Å². The highest BCUT2D eigenvalue weighted by molar-refractivity contribution is 6.39. The van der Waals surface area contributed by atoms with Crippen molar-refractivity contribution in [1.29, 1.82) is 0 Å². The lowest BCUT2D eigenvalue weighted by atomic mass is 9.46. The Morgan fingerprint density at radius 2 is 1.98 bits per heavy atom. The summed E-state index contributed by atoms with van der Waals surface area (Å²) in [5.41, 5.74) is 2.27. The first-order valence-corrected chi connectivity index (χ1v) is 14.9. The number of hydrogen-bond donors (Lipinski definition) is 0. The Hall–Kier alpha value is -2.12. The van der Waals surface area contributed by atoms with E-state index in [1.54, 1.807) is 12.3 Å². The van der Waals surface area contributed by atoms with E-state index in [0.717, 1.165) is 31.1 Å². The zero-order chi connectivity index (χ0) is 28.4. The molecule has 4 fully saturated rings. The minimum Gasteiger partial charge on any atom is -0.478 e. The number of carbonyl (C=O) groups excluding carboxylic acids is 1. The first-order valence-electron chi connectivity index (χ1n) is 14.2. The number of pyridine rings is 1. The number of hydrogen-bond acceptors (Lipinski definition) is 6. The molecule has 1 aromatic carbocycles. The van der Waals surface area contributed by atoms with Crippen molar-refractivity contribution in [3.8, 4) is 5.75 Å². The van der Waals surface area contributed by atoms with Crippen LogP contribution in [0.3, 0.4) is 0 Å². The molecule has 6 rings (SSSR count). The number of cyclic esters (lactones) is 1. The molecule has 2 aliphatic heterocycles. The maximum atomic E-state index is 12.9. The molecule has 2 saturated carbocycles. The van der Waals surface area contributed by atoms with Crippen molar-refractivity contribution in [1.82, 2.24) is 4.98 Å². The number of rotatable bonds is 4. The number of nitrogens with zero attached hydrogens (tertiary/aromatic N) is 1. The molecule has 0 amide bonds. The Labute approximate surface area is 246 Å². The van der Waals surface area contributed by atoms with Gasteiger partial charge in [-0.2, -0.15) is 0 Å². The van der Waals surface area contributed by atoms with Crippen molar-refractivity contribution in [2.24, 2.45) is 22.7 Å². The minimum absolute atomic E-state index is 0.0182. The molecule has 4 aliphatic rings. The van der Waals surface area contributed by atoms with Crippen LogP contribution in [0.4, 0.5) is 0 Å². The summed E-state index contributed by atoms with van der Waals surface area (Å²) in [7, 11) is 0. The quantitative estimate of drug-likeness (QED) is 0.208. The van der Waals surface area contributed by atoms with Gasteiger partial charge in [-0.25, -0.2) is 4.79 Å². The molecule has 0 N–H and O–H groups in total. The van der Waals surface area contributed by atoms with Crippen molar-refractivity contribution in [2.45, 2.75) is 77.8 Å². The number of halogens is 2. The lowest BCUT2D eigenvalue weighted by molar-refractivity contribution is -0.344. The number of carbonyl (C=O) groups is 1. The van der Waals surface area contributed by atoms with Gasteiger partial charge in [-0.3, -0.25) is 4.98 Å². The lowest BCUT2D eigenvalue weighted by Gasteiger charge is -2.63. The fraction of sp³-hybridized carbons (Fsp3) is 0.562. The van der Waals surface area contributed by atoms with E-state index < -0.39 is 11.9 Å². The van der Waals surface area contributed by atoms with E-state index in [1.807, 2.05) is 32.1 Å². The molecule has 0 radical (unpaired) electrons. The van der Waals surface area contributed by atoms with Crippen LogP contribution in [0.5, 0.6) is 5.75 Å². The summed E-state index contributed by atoms with van der Waals surface area (Å²) >= 11 is 12.9. The molecule has 2 saturated heterocycles. The Morgan fingerprint density at radius 3 is 2.77 bits per heavy atom. The summed E-state index contributed by atoms with van der Waals surface area (Å²) in [6.07, 6.45) is 8.02. The van der Waals surface area contributed by atoms with Crippen LogP contribution in [-0.4, -0.2) is 42.2 Å². The monoisotopic (exact) mass is 585 g/mol. The Morgan fingerprint density at radius 1 is 1.18 bits per heavy atom. The van der Waals surface area contributed by atoms with Crippen LogP contribution in [0.25, 0.3) is 10.9 Å². The van der Waals surface area contributed by atoms with E-state index in [0.29, 0.717) is 45.8 Å². The molecule has 8 heteroatoms. The van der Waals surface area contributed by atoms with E-state index in [4.69, 9.17) is 42.1 Å². The van der Waals surface area contributed by atoms with Gasteiger partial charge in [0.25, 0.3) is 0 Å². The predicted octanol–water partition coefficient (Wildman–Crippen LogP) is 7.70. The molecule has 0 spiro atoms. The topological polar surface area (TPSA) is 66.9 Å². The summed E-state index contributed by atoms with van der Waals surface area (Å²) in [4.78, 5) is 17.3. The SMILES string of the molecule is C=C1CC[C@@H]2[C@]3(C)COC(C)(C)O[C@@H]3CC[C@@]2(C)[C@@H]1C/C=C1/C(=O)OC[C@@H]1Oc1c(Cl)cc(Cl)c2cccnc12.